The first-order chi connectivity index (χ1) is 7.13. The molecule has 3 N–H and O–H groups in total. The van der Waals surface area contributed by atoms with Crippen LogP contribution in [0.3, 0.4) is 0 Å². The fourth-order valence-electron chi connectivity index (χ4n) is 0.682. The van der Waals surface area contributed by atoms with Gasteiger partial charge in [-0.05, 0) is 12.1 Å². The molecule has 0 fully saturated rings. The number of carbonyl (C=O) groups is 1. The predicted octanol–water partition coefficient (Wildman–Crippen LogP) is 2.93. The van der Waals surface area contributed by atoms with Crippen molar-refractivity contribution in [3.05, 3.63) is 29.8 Å². The molecule has 0 spiro atoms. The Morgan fingerprint density at radius 3 is 1.93 bits per heavy atom. The highest BCUT2D eigenvalue weighted by Crippen LogP contribution is 2.13. The van der Waals surface area contributed by atoms with Crippen molar-refractivity contribution in [1.29, 1.82) is 0 Å². The molecule has 1 aromatic carbocycles. The van der Waals surface area contributed by atoms with Gasteiger partial charge in [-0.3, -0.25) is 4.79 Å². The van der Waals surface area contributed by atoms with Gasteiger partial charge in [0.15, 0.2) is 0 Å². The molecule has 15 heavy (non-hydrogen) atoms. The summed E-state index contributed by atoms with van der Waals surface area (Å²) in [5.41, 5.74) is 5.07. The van der Waals surface area contributed by atoms with Crippen molar-refractivity contribution in [2.75, 3.05) is 0 Å². The number of hydrogen-bond donors (Lipinski definition) is 2. The first-order valence-corrected chi connectivity index (χ1v) is 5.21. The fourth-order valence-corrected chi connectivity index (χ4v) is 0.682. The smallest absolute Gasteiger partial charge is 0.252 e. The molecule has 0 aromatic heterocycles. The minimum atomic E-state index is -0.613. The van der Waals surface area contributed by atoms with E-state index in [2.05, 4.69) is 13.8 Å². The maximum Gasteiger partial charge on any atom is 0.252 e. The van der Waals surface area contributed by atoms with E-state index in [1.165, 1.54) is 18.6 Å². The van der Waals surface area contributed by atoms with Crippen LogP contribution in [0.25, 0.3) is 0 Å². The van der Waals surface area contributed by atoms with Crippen LogP contribution in [0.4, 0.5) is 0 Å². The van der Waals surface area contributed by atoms with E-state index in [9.17, 15) is 4.79 Å². The lowest BCUT2D eigenvalue weighted by atomic mass is 10.2. The van der Waals surface area contributed by atoms with E-state index in [1.807, 2.05) is 13.8 Å². The number of rotatable bonds is 1. The van der Waals surface area contributed by atoms with Gasteiger partial charge in [-0.15, -0.1) is 0 Å². The van der Waals surface area contributed by atoms with Crippen LogP contribution < -0.4 is 5.73 Å². The van der Waals surface area contributed by atoms with Crippen molar-refractivity contribution < 1.29 is 9.90 Å². The summed E-state index contributed by atoms with van der Waals surface area (Å²) in [5, 5.41) is 8.98. The summed E-state index contributed by atoms with van der Waals surface area (Å²) in [4.78, 5) is 10.5. The highest BCUT2D eigenvalue weighted by atomic mass is 16.3. The number of hydrogen-bond acceptors (Lipinski definition) is 2. The highest BCUT2D eigenvalue weighted by molar-refractivity contribution is 5.95. The Morgan fingerprint density at radius 1 is 1.27 bits per heavy atom. The van der Waals surface area contributed by atoms with E-state index in [4.69, 9.17) is 10.8 Å². The molecule has 86 valence electrons. The summed E-state index contributed by atoms with van der Waals surface area (Å²) >= 11 is 0. The zero-order chi connectivity index (χ0) is 12.3. The van der Waals surface area contributed by atoms with E-state index in [0.29, 0.717) is 0 Å². The van der Waals surface area contributed by atoms with Crippen LogP contribution in [-0.2, 0) is 0 Å². The molecule has 1 rings (SSSR count). The molecule has 3 nitrogen and oxygen atoms in total. The van der Waals surface area contributed by atoms with Gasteiger partial charge in [0, 0.05) is 0 Å². The van der Waals surface area contributed by atoms with Crippen molar-refractivity contribution in [2.24, 2.45) is 5.73 Å². The molecule has 0 heterocycles. The molecule has 0 radical (unpaired) electrons. The third-order valence-electron chi connectivity index (χ3n) is 1.17. The molecule has 0 saturated heterocycles. The van der Waals surface area contributed by atoms with Crippen LogP contribution in [0.2, 0.25) is 0 Å². The number of phenols is 1. The van der Waals surface area contributed by atoms with Gasteiger partial charge in [0.2, 0.25) is 0 Å². The Hall–Kier alpha value is -1.51. The van der Waals surface area contributed by atoms with Crippen LogP contribution in [0.5, 0.6) is 5.75 Å². The van der Waals surface area contributed by atoms with E-state index < -0.39 is 5.91 Å². The zero-order valence-electron chi connectivity index (χ0n) is 9.95. The number of amides is 1. The fraction of sp³-hybridized carbons (Fsp3) is 0.417. The lowest BCUT2D eigenvalue weighted by molar-refractivity contribution is 0.0998. The van der Waals surface area contributed by atoms with Gasteiger partial charge in [0.05, 0.1) is 5.56 Å². The number of benzene rings is 1. The van der Waals surface area contributed by atoms with Crippen molar-refractivity contribution in [2.45, 2.75) is 34.1 Å². The Balaban J connectivity index is 0. The van der Waals surface area contributed by atoms with Gasteiger partial charge >= 0.3 is 0 Å². The Morgan fingerprint density at radius 2 is 1.67 bits per heavy atom. The monoisotopic (exact) mass is 211 g/mol. The van der Waals surface area contributed by atoms with Crippen LogP contribution in [-0.4, -0.2) is 11.0 Å². The topological polar surface area (TPSA) is 63.3 Å². The molecule has 0 bridgehead atoms. The molecule has 0 aliphatic heterocycles. The summed E-state index contributed by atoms with van der Waals surface area (Å²) in [7, 11) is 0. The van der Waals surface area contributed by atoms with Crippen molar-refractivity contribution in [3.8, 4) is 5.75 Å². The van der Waals surface area contributed by atoms with E-state index in [1.54, 1.807) is 12.1 Å². The van der Waals surface area contributed by atoms with Crippen molar-refractivity contribution in [3.63, 3.8) is 0 Å². The minimum Gasteiger partial charge on any atom is -0.507 e. The molecule has 1 aromatic rings. The number of primary amides is 1. The third kappa shape index (κ3) is 7.55. The quantitative estimate of drug-likeness (QED) is 0.750. The van der Waals surface area contributed by atoms with Crippen molar-refractivity contribution >= 4 is 5.91 Å². The average Bonchev–Trinajstić information content (AvgIpc) is 2.22. The Kier molecular flexibility index (Phi) is 11.2. The molecule has 0 saturated carbocycles. The van der Waals surface area contributed by atoms with Gasteiger partial charge in [-0.25, -0.2) is 0 Å². The summed E-state index contributed by atoms with van der Waals surface area (Å²) in [6.07, 6.45) is 1.25. The largest absolute Gasteiger partial charge is 0.507 e. The second kappa shape index (κ2) is 10.6. The summed E-state index contributed by atoms with van der Waals surface area (Å²) in [5.74, 6) is -0.687. The van der Waals surface area contributed by atoms with Crippen LogP contribution >= 0.6 is 0 Å². The molecule has 0 aliphatic rings. The summed E-state index contributed by atoms with van der Waals surface area (Å²) < 4.78 is 0. The first-order valence-electron chi connectivity index (χ1n) is 5.21. The molecule has 0 aliphatic carbocycles. The minimum absolute atomic E-state index is 0.0741. The first kappa shape index (κ1) is 15.9. The third-order valence-corrected chi connectivity index (χ3v) is 1.17. The number of carbonyl (C=O) groups excluding carboxylic acids is 1. The summed E-state index contributed by atoms with van der Waals surface area (Å²) in [6.45, 7) is 8.25. The Labute approximate surface area is 91.9 Å². The highest BCUT2D eigenvalue weighted by Gasteiger charge is 2.03. The van der Waals surface area contributed by atoms with Crippen LogP contribution in [0.15, 0.2) is 24.3 Å². The van der Waals surface area contributed by atoms with E-state index in [-0.39, 0.29) is 11.3 Å². The Bertz CT molecular complexity index is 272. The standard InChI is InChI=1S/C7H7NO2.C3H8.C2H6/c8-7(10)5-3-1-2-4-6(5)9;1-3-2;1-2/h1-4,9H,(H2,8,10);3H2,1-2H3;1-2H3. The number of nitrogens with two attached hydrogens (primary N) is 1. The SMILES string of the molecule is CC.CCC.NC(=O)c1ccccc1O. The van der Waals surface area contributed by atoms with Crippen LogP contribution in [0, 0.1) is 0 Å². The van der Waals surface area contributed by atoms with Gasteiger partial charge in [-0.2, -0.15) is 0 Å². The predicted molar refractivity (Wildman–Crippen MR) is 63.9 cm³/mol. The second-order valence-electron chi connectivity index (χ2n) is 2.59. The maximum absolute atomic E-state index is 10.5. The second-order valence-corrected chi connectivity index (χ2v) is 2.59. The molecule has 1 amide bonds. The van der Waals surface area contributed by atoms with Gasteiger partial charge in [0.25, 0.3) is 5.91 Å². The maximum atomic E-state index is 10.5. The van der Waals surface area contributed by atoms with Gasteiger partial charge in [0.1, 0.15) is 5.75 Å². The zero-order valence-corrected chi connectivity index (χ0v) is 9.95. The molecular formula is C12H21NO2. The van der Waals surface area contributed by atoms with Gasteiger partial charge < -0.3 is 10.8 Å². The molecular weight excluding hydrogens is 190 g/mol. The van der Waals surface area contributed by atoms with E-state index >= 15 is 0 Å². The van der Waals surface area contributed by atoms with E-state index in [0.717, 1.165) is 0 Å². The normalized spacial score (nSPS) is 7.73. The number of aromatic hydroxyl groups is 1. The molecule has 0 atom stereocenters. The molecule has 3 heteroatoms. The lowest BCUT2D eigenvalue weighted by Gasteiger charge is -1.96. The average molecular weight is 211 g/mol. The summed E-state index contributed by atoms with van der Waals surface area (Å²) in [6, 6.07) is 6.15. The molecule has 0 unspecified atom stereocenters. The van der Waals surface area contributed by atoms with Crippen LogP contribution in [0.1, 0.15) is 44.5 Å². The lowest BCUT2D eigenvalue weighted by Crippen LogP contribution is -2.10. The van der Waals surface area contributed by atoms with Crippen molar-refractivity contribution in [1.82, 2.24) is 0 Å². The van der Waals surface area contributed by atoms with Gasteiger partial charge in [-0.1, -0.05) is 46.2 Å². The number of para-hydroxylation sites is 1.